The van der Waals surface area contributed by atoms with Crippen LogP contribution in [0, 0.1) is 0 Å². The van der Waals surface area contributed by atoms with Crippen molar-refractivity contribution in [1.82, 2.24) is 14.9 Å². The summed E-state index contributed by atoms with van der Waals surface area (Å²) in [6.07, 6.45) is 3.94. The van der Waals surface area contributed by atoms with Crippen molar-refractivity contribution < 1.29 is 0 Å². The largest absolute Gasteiger partial charge is 0.296 e. The highest BCUT2D eigenvalue weighted by Gasteiger charge is 2.17. The predicted molar refractivity (Wildman–Crippen MR) is 49.0 cm³/mol. The highest BCUT2D eigenvalue weighted by molar-refractivity contribution is 7.98. The Bertz CT molecular complexity index is 300. The van der Waals surface area contributed by atoms with Crippen LogP contribution in [0.4, 0.5) is 0 Å². The SMILES string of the molecule is CSc1ncc2c(n1)CN(C)C2. The van der Waals surface area contributed by atoms with Crippen LogP contribution in [0.5, 0.6) is 0 Å². The Morgan fingerprint density at radius 1 is 1.50 bits per heavy atom. The molecule has 1 aromatic heterocycles. The molecular formula is C8H11N3S. The number of aromatic nitrogens is 2. The van der Waals surface area contributed by atoms with Crippen LogP contribution in [0.1, 0.15) is 11.3 Å². The van der Waals surface area contributed by atoms with Crippen LogP contribution in [0.15, 0.2) is 11.4 Å². The van der Waals surface area contributed by atoms with Gasteiger partial charge in [-0.3, -0.25) is 4.90 Å². The van der Waals surface area contributed by atoms with E-state index in [0.29, 0.717) is 0 Å². The van der Waals surface area contributed by atoms with Gasteiger partial charge in [0.05, 0.1) is 5.69 Å². The molecule has 1 aliphatic heterocycles. The van der Waals surface area contributed by atoms with Crippen LogP contribution < -0.4 is 0 Å². The topological polar surface area (TPSA) is 29.0 Å². The lowest BCUT2D eigenvalue weighted by Crippen LogP contribution is -2.07. The van der Waals surface area contributed by atoms with E-state index in [4.69, 9.17) is 0 Å². The lowest BCUT2D eigenvalue weighted by Gasteiger charge is -2.01. The third-order valence-corrected chi connectivity index (χ3v) is 2.54. The summed E-state index contributed by atoms with van der Waals surface area (Å²) in [5.74, 6) is 0. The van der Waals surface area contributed by atoms with E-state index in [2.05, 4.69) is 21.9 Å². The molecule has 2 rings (SSSR count). The van der Waals surface area contributed by atoms with Crippen molar-refractivity contribution in [2.75, 3.05) is 13.3 Å². The van der Waals surface area contributed by atoms with Gasteiger partial charge in [-0.05, 0) is 13.3 Å². The van der Waals surface area contributed by atoms with Crippen molar-refractivity contribution in [2.24, 2.45) is 0 Å². The molecule has 0 aromatic carbocycles. The molecule has 0 bridgehead atoms. The zero-order chi connectivity index (χ0) is 8.55. The van der Waals surface area contributed by atoms with E-state index >= 15 is 0 Å². The van der Waals surface area contributed by atoms with Crippen LogP contribution >= 0.6 is 11.8 Å². The van der Waals surface area contributed by atoms with Crippen molar-refractivity contribution in [1.29, 1.82) is 0 Å². The number of nitrogens with zero attached hydrogens (tertiary/aromatic N) is 3. The molecule has 0 saturated carbocycles. The summed E-state index contributed by atoms with van der Waals surface area (Å²) in [4.78, 5) is 10.9. The lowest BCUT2D eigenvalue weighted by molar-refractivity contribution is 0.351. The van der Waals surface area contributed by atoms with Crippen molar-refractivity contribution in [3.05, 3.63) is 17.5 Å². The monoisotopic (exact) mass is 181 g/mol. The average molecular weight is 181 g/mol. The van der Waals surface area contributed by atoms with Gasteiger partial charge in [-0.2, -0.15) is 0 Å². The lowest BCUT2D eigenvalue weighted by atomic mass is 10.3. The second-order valence-corrected chi connectivity index (χ2v) is 3.77. The molecule has 0 amide bonds. The first-order chi connectivity index (χ1) is 5.79. The fourth-order valence-corrected chi connectivity index (χ4v) is 1.75. The summed E-state index contributed by atoms with van der Waals surface area (Å²) in [6, 6.07) is 0. The average Bonchev–Trinajstić information content (AvgIpc) is 2.43. The zero-order valence-electron chi connectivity index (χ0n) is 7.24. The van der Waals surface area contributed by atoms with E-state index < -0.39 is 0 Å². The summed E-state index contributed by atoms with van der Waals surface area (Å²) >= 11 is 1.60. The van der Waals surface area contributed by atoms with Gasteiger partial charge in [0.2, 0.25) is 0 Å². The Balaban J connectivity index is 2.35. The Morgan fingerprint density at radius 2 is 2.33 bits per heavy atom. The minimum absolute atomic E-state index is 0.879. The Morgan fingerprint density at radius 3 is 3.08 bits per heavy atom. The zero-order valence-corrected chi connectivity index (χ0v) is 8.06. The minimum Gasteiger partial charge on any atom is -0.296 e. The van der Waals surface area contributed by atoms with Crippen molar-refractivity contribution in [2.45, 2.75) is 18.2 Å². The van der Waals surface area contributed by atoms with Crippen LogP contribution in [0.3, 0.4) is 0 Å². The van der Waals surface area contributed by atoms with Crippen LogP contribution in [-0.2, 0) is 13.1 Å². The molecule has 12 heavy (non-hydrogen) atoms. The quantitative estimate of drug-likeness (QED) is 0.480. The van der Waals surface area contributed by atoms with Crippen LogP contribution in [0.25, 0.3) is 0 Å². The summed E-state index contributed by atoms with van der Waals surface area (Å²) in [7, 11) is 2.10. The van der Waals surface area contributed by atoms with E-state index in [9.17, 15) is 0 Å². The van der Waals surface area contributed by atoms with E-state index in [1.54, 1.807) is 11.8 Å². The van der Waals surface area contributed by atoms with E-state index in [1.165, 1.54) is 11.3 Å². The van der Waals surface area contributed by atoms with Gasteiger partial charge < -0.3 is 0 Å². The molecule has 0 aliphatic carbocycles. The molecule has 0 unspecified atom stereocenters. The van der Waals surface area contributed by atoms with Crippen molar-refractivity contribution in [3.63, 3.8) is 0 Å². The Kier molecular flexibility index (Phi) is 2.02. The highest BCUT2D eigenvalue weighted by Crippen LogP contribution is 2.20. The molecule has 4 heteroatoms. The molecule has 1 aliphatic rings. The summed E-state index contributed by atoms with van der Waals surface area (Å²) in [6.45, 7) is 1.95. The van der Waals surface area contributed by atoms with Crippen molar-refractivity contribution in [3.8, 4) is 0 Å². The second-order valence-electron chi connectivity index (χ2n) is 3.00. The molecule has 0 spiro atoms. The summed E-state index contributed by atoms with van der Waals surface area (Å²) < 4.78 is 0. The maximum Gasteiger partial charge on any atom is 0.187 e. The fraction of sp³-hybridized carbons (Fsp3) is 0.500. The second kappa shape index (κ2) is 3.03. The van der Waals surface area contributed by atoms with Crippen LogP contribution in [-0.4, -0.2) is 28.2 Å². The number of hydrogen-bond acceptors (Lipinski definition) is 4. The minimum atomic E-state index is 0.879. The number of thioether (sulfide) groups is 1. The standard InChI is InChI=1S/C8H11N3S/c1-11-4-6-3-9-8(12-2)10-7(6)5-11/h3H,4-5H2,1-2H3. The van der Waals surface area contributed by atoms with Gasteiger partial charge in [0.15, 0.2) is 5.16 Å². The van der Waals surface area contributed by atoms with E-state index in [0.717, 1.165) is 18.2 Å². The normalized spacial score (nSPS) is 16.5. The van der Waals surface area contributed by atoms with Gasteiger partial charge in [0.25, 0.3) is 0 Å². The molecule has 2 heterocycles. The number of hydrogen-bond donors (Lipinski definition) is 0. The van der Waals surface area contributed by atoms with Gasteiger partial charge in [-0.1, -0.05) is 11.8 Å². The molecule has 0 atom stereocenters. The first kappa shape index (κ1) is 8.01. The fourth-order valence-electron chi connectivity index (χ4n) is 1.39. The molecular weight excluding hydrogens is 170 g/mol. The van der Waals surface area contributed by atoms with Gasteiger partial charge in [0, 0.05) is 24.8 Å². The molecule has 1 aromatic rings. The molecule has 0 N–H and O–H groups in total. The molecule has 0 saturated heterocycles. The van der Waals surface area contributed by atoms with Crippen LogP contribution in [0.2, 0.25) is 0 Å². The summed E-state index contributed by atoms with van der Waals surface area (Å²) in [5, 5.41) is 0.879. The van der Waals surface area contributed by atoms with E-state index in [-0.39, 0.29) is 0 Å². The van der Waals surface area contributed by atoms with Gasteiger partial charge >= 0.3 is 0 Å². The van der Waals surface area contributed by atoms with Gasteiger partial charge in [0.1, 0.15) is 0 Å². The molecule has 0 fully saturated rings. The first-order valence-electron chi connectivity index (χ1n) is 3.87. The maximum absolute atomic E-state index is 4.43. The third kappa shape index (κ3) is 1.32. The highest BCUT2D eigenvalue weighted by atomic mass is 32.2. The van der Waals surface area contributed by atoms with Crippen molar-refractivity contribution >= 4 is 11.8 Å². The number of rotatable bonds is 1. The smallest absolute Gasteiger partial charge is 0.187 e. The first-order valence-corrected chi connectivity index (χ1v) is 5.09. The molecule has 0 radical (unpaired) electrons. The molecule has 3 nitrogen and oxygen atoms in total. The predicted octanol–water partition coefficient (Wildman–Crippen LogP) is 1.14. The molecule has 64 valence electrons. The van der Waals surface area contributed by atoms with E-state index in [1.807, 2.05) is 12.5 Å². The summed E-state index contributed by atoms with van der Waals surface area (Å²) in [5.41, 5.74) is 2.46. The third-order valence-electron chi connectivity index (χ3n) is 1.97. The van der Waals surface area contributed by atoms with Gasteiger partial charge in [-0.25, -0.2) is 9.97 Å². The van der Waals surface area contributed by atoms with Gasteiger partial charge in [-0.15, -0.1) is 0 Å². The Hall–Kier alpha value is -0.610. The Labute approximate surface area is 76.2 Å². The number of fused-ring (bicyclic) bond motifs is 1. The maximum atomic E-state index is 4.43.